The summed E-state index contributed by atoms with van der Waals surface area (Å²) >= 11 is 9.54. The third-order valence-corrected chi connectivity index (χ3v) is 5.10. The highest BCUT2D eigenvalue weighted by molar-refractivity contribution is 9.10. The van der Waals surface area contributed by atoms with E-state index in [2.05, 4.69) is 33.4 Å². The molecule has 1 aliphatic rings. The van der Waals surface area contributed by atoms with Crippen LogP contribution in [0.2, 0.25) is 5.02 Å². The van der Waals surface area contributed by atoms with Crippen LogP contribution in [0.3, 0.4) is 0 Å². The summed E-state index contributed by atoms with van der Waals surface area (Å²) in [4.78, 5) is 0. The van der Waals surface area contributed by atoms with Crippen molar-refractivity contribution in [2.45, 2.75) is 19.3 Å². The van der Waals surface area contributed by atoms with Crippen LogP contribution in [0.4, 0.5) is 5.82 Å². The van der Waals surface area contributed by atoms with Gasteiger partial charge in [-0.05, 0) is 55.7 Å². The molecule has 1 aromatic heterocycles. The quantitative estimate of drug-likeness (QED) is 0.595. The number of halogens is 2. The molecular weight excluding hydrogens is 386 g/mol. The highest BCUT2D eigenvalue weighted by Gasteiger charge is 2.21. The van der Waals surface area contributed by atoms with Crippen molar-refractivity contribution in [1.29, 1.82) is 0 Å². The third-order valence-electron chi connectivity index (χ3n) is 4.32. The lowest BCUT2D eigenvalue weighted by Gasteiger charge is -2.09. The number of nitrogens with one attached hydrogen (secondary N) is 1. The van der Waals surface area contributed by atoms with Crippen LogP contribution in [-0.2, 0) is 6.42 Å². The van der Waals surface area contributed by atoms with Crippen LogP contribution in [0.25, 0.3) is 16.9 Å². The SMILES string of the molecule is Clc1ccc(-c2nn(-c3ccc(Br)cc3)c3c2CCCCN3)cc1. The lowest BCUT2D eigenvalue weighted by Crippen LogP contribution is -2.07. The second kappa shape index (κ2) is 6.61. The van der Waals surface area contributed by atoms with Gasteiger partial charge in [-0.3, -0.25) is 0 Å². The molecule has 2 aromatic carbocycles. The smallest absolute Gasteiger partial charge is 0.133 e. The van der Waals surface area contributed by atoms with Crippen molar-refractivity contribution in [3.8, 4) is 16.9 Å². The number of rotatable bonds is 2. The van der Waals surface area contributed by atoms with Crippen LogP contribution in [0.15, 0.2) is 53.0 Å². The molecule has 0 bridgehead atoms. The summed E-state index contributed by atoms with van der Waals surface area (Å²) in [5, 5.41) is 9.25. The molecule has 0 saturated carbocycles. The van der Waals surface area contributed by atoms with Crippen molar-refractivity contribution in [2.75, 3.05) is 11.9 Å². The van der Waals surface area contributed by atoms with Gasteiger partial charge in [-0.15, -0.1) is 0 Å². The zero-order valence-corrected chi connectivity index (χ0v) is 15.4. The van der Waals surface area contributed by atoms with E-state index in [1.54, 1.807) is 0 Å². The van der Waals surface area contributed by atoms with Crippen molar-refractivity contribution >= 4 is 33.3 Å². The third kappa shape index (κ3) is 2.96. The van der Waals surface area contributed by atoms with Gasteiger partial charge in [0.15, 0.2) is 0 Å². The number of fused-ring (bicyclic) bond motifs is 1. The summed E-state index contributed by atoms with van der Waals surface area (Å²) in [5.41, 5.74) is 4.50. The number of hydrogen-bond donors (Lipinski definition) is 1. The Morgan fingerprint density at radius 1 is 1.00 bits per heavy atom. The van der Waals surface area contributed by atoms with Gasteiger partial charge >= 0.3 is 0 Å². The molecule has 0 amide bonds. The fraction of sp³-hybridized carbons (Fsp3) is 0.211. The van der Waals surface area contributed by atoms with Gasteiger partial charge in [0, 0.05) is 27.2 Å². The maximum Gasteiger partial charge on any atom is 0.133 e. The monoisotopic (exact) mass is 401 g/mol. The Balaban J connectivity index is 1.88. The highest BCUT2D eigenvalue weighted by atomic mass is 79.9. The molecule has 2 heterocycles. The summed E-state index contributed by atoms with van der Waals surface area (Å²) in [6, 6.07) is 16.2. The molecule has 0 aliphatic carbocycles. The molecule has 1 aliphatic heterocycles. The van der Waals surface area contributed by atoms with Gasteiger partial charge in [-0.1, -0.05) is 39.7 Å². The first-order valence-electron chi connectivity index (χ1n) is 8.10. The Labute approximate surface area is 154 Å². The van der Waals surface area contributed by atoms with Crippen LogP contribution in [0.5, 0.6) is 0 Å². The van der Waals surface area contributed by atoms with Crippen molar-refractivity contribution in [3.63, 3.8) is 0 Å². The Morgan fingerprint density at radius 2 is 1.75 bits per heavy atom. The van der Waals surface area contributed by atoms with Crippen LogP contribution in [0, 0.1) is 0 Å². The zero-order chi connectivity index (χ0) is 16.5. The van der Waals surface area contributed by atoms with E-state index >= 15 is 0 Å². The second-order valence-electron chi connectivity index (χ2n) is 5.95. The molecule has 3 aromatic rings. The number of aromatic nitrogens is 2. The van der Waals surface area contributed by atoms with Crippen molar-refractivity contribution < 1.29 is 0 Å². The molecule has 0 atom stereocenters. The molecule has 24 heavy (non-hydrogen) atoms. The normalized spacial score (nSPS) is 13.9. The summed E-state index contributed by atoms with van der Waals surface area (Å²) in [6.07, 6.45) is 3.39. The maximum absolute atomic E-state index is 6.04. The van der Waals surface area contributed by atoms with Crippen molar-refractivity contribution in [1.82, 2.24) is 9.78 Å². The van der Waals surface area contributed by atoms with Crippen LogP contribution < -0.4 is 5.32 Å². The largest absolute Gasteiger partial charge is 0.370 e. The van der Waals surface area contributed by atoms with E-state index in [9.17, 15) is 0 Å². The fourth-order valence-electron chi connectivity index (χ4n) is 3.11. The average Bonchev–Trinajstić information content (AvgIpc) is 2.78. The molecule has 122 valence electrons. The summed E-state index contributed by atoms with van der Waals surface area (Å²) < 4.78 is 3.09. The van der Waals surface area contributed by atoms with Crippen LogP contribution in [0.1, 0.15) is 18.4 Å². The predicted molar refractivity (Wildman–Crippen MR) is 103 cm³/mol. The molecule has 0 radical (unpaired) electrons. The van der Waals surface area contributed by atoms with Gasteiger partial charge in [-0.2, -0.15) is 5.10 Å². The van der Waals surface area contributed by atoms with E-state index in [1.165, 1.54) is 18.4 Å². The van der Waals surface area contributed by atoms with E-state index < -0.39 is 0 Å². The van der Waals surface area contributed by atoms with E-state index in [4.69, 9.17) is 16.7 Å². The van der Waals surface area contributed by atoms with Gasteiger partial charge in [0.2, 0.25) is 0 Å². The summed E-state index contributed by atoms with van der Waals surface area (Å²) in [7, 11) is 0. The first kappa shape index (κ1) is 15.7. The molecule has 0 saturated heterocycles. The first-order chi connectivity index (χ1) is 11.7. The average molecular weight is 403 g/mol. The topological polar surface area (TPSA) is 29.9 Å². The minimum atomic E-state index is 0.746. The van der Waals surface area contributed by atoms with Gasteiger partial charge in [0.1, 0.15) is 5.82 Å². The van der Waals surface area contributed by atoms with Gasteiger partial charge in [-0.25, -0.2) is 4.68 Å². The molecule has 3 nitrogen and oxygen atoms in total. The first-order valence-corrected chi connectivity index (χ1v) is 9.27. The van der Waals surface area contributed by atoms with E-state index in [0.29, 0.717) is 0 Å². The van der Waals surface area contributed by atoms with Gasteiger partial charge in [0.05, 0.1) is 11.4 Å². The molecule has 0 fully saturated rings. The molecule has 1 N–H and O–H groups in total. The van der Waals surface area contributed by atoms with E-state index in [-0.39, 0.29) is 0 Å². The Hall–Kier alpha value is -1.78. The van der Waals surface area contributed by atoms with Gasteiger partial charge in [0.25, 0.3) is 0 Å². The summed E-state index contributed by atoms with van der Waals surface area (Å²) in [6.45, 7) is 0.981. The predicted octanol–water partition coefficient (Wildman–Crippen LogP) is 5.70. The number of anilines is 1. The second-order valence-corrected chi connectivity index (χ2v) is 7.31. The minimum absolute atomic E-state index is 0.746. The standard InChI is InChI=1S/C19H17BrClN3/c20-14-6-10-16(11-7-14)24-19-17(3-1-2-12-22-19)18(23-24)13-4-8-15(21)9-5-13/h4-11,22H,1-3,12H2. The van der Waals surface area contributed by atoms with Gasteiger partial charge < -0.3 is 5.32 Å². The van der Waals surface area contributed by atoms with E-state index in [1.807, 2.05) is 41.1 Å². The van der Waals surface area contributed by atoms with Crippen LogP contribution >= 0.6 is 27.5 Å². The molecule has 0 spiro atoms. The van der Waals surface area contributed by atoms with Crippen LogP contribution in [-0.4, -0.2) is 16.3 Å². The number of benzene rings is 2. The molecule has 0 unspecified atom stereocenters. The fourth-order valence-corrected chi connectivity index (χ4v) is 3.50. The maximum atomic E-state index is 6.04. The molecule has 4 rings (SSSR count). The highest BCUT2D eigenvalue weighted by Crippen LogP contribution is 2.34. The Kier molecular flexibility index (Phi) is 4.33. The Morgan fingerprint density at radius 3 is 2.50 bits per heavy atom. The molecule has 5 heteroatoms. The number of nitrogens with zero attached hydrogens (tertiary/aromatic N) is 2. The van der Waals surface area contributed by atoms with Crippen molar-refractivity contribution in [3.05, 3.63) is 63.6 Å². The lowest BCUT2D eigenvalue weighted by atomic mass is 10.0. The summed E-state index contributed by atoms with van der Waals surface area (Å²) in [5.74, 6) is 1.11. The Bertz CT molecular complexity index is 784. The van der Waals surface area contributed by atoms with Crippen molar-refractivity contribution in [2.24, 2.45) is 0 Å². The van der Waals surface area contributed by atoms with E-state index in [0.717, 1.165) is 45.2 Å². The minimum Gasteiger partial charge on any atom is -0.370 e. The number of hydrogen-bond acceptors (Lipinski definition) is 2. The lowest BCUT2D eigenvalue weighted by molar-refractivity contribution is 0.780. The molecular formula is C19H17BrClN3. The zero-order valence-electron chi connectivity index (χ0n) is 13.1.